The van der Waals surface area contributed by atoms with Crippen LogP contribution in [0.15, 0.2) is 18.2 Å². The number of ether oxygens (including phenoxy) is 1. The zero-order valence-electron chi connectivity index (χ0n) is 14.0. The first-order chi connectivity index (χ1) is 9.82. The second-order valence-corrected chi connectivity index (χ2v) is 7.38. The van der Waals surface area contributed by atoms with E-state index in [4.69, 9.17) is 4.74 Å². The van der Waals surface area contributed by atoms with Gasteiger partial charge in [-0.1, -0.05) is 38.5 Å². The van der Waals surface area contributed by atoms with Gasteiger partial charge in [-0.3, -0.25) is 0 Å². The van der Waals surface area contributed by atoms with Crippen molar-refractivity contribution in [3.63, 3.8) is 0 Å². The average Bonchev–Trinajstić information content (AvgIpc) is 3.26. The Labute approximate surface area is 128 Å². The van der Waals surface area contributed by atoms with Gasteiger partial charge in [0.15, 0.2) is 0 Å². The Morgan fingerprint density at radius 3 is 2.43 bits per heavy atom. The molecule has 3 heteroatoms. The van der Waals surface area contributed by atoms with Crippen molar-refractivity contribution in [3.05, 3.63) is 29.3 Å². The Kier molecular flexibility index (Phi) is 4.64. The van der Waals surface area contributed by atoms with Gasteiger partial charge in [-0.05, 0) is 49.8 Å². The molecule has 0 bridgehead atoms. The summed E-state index contributed by atoms with van der Waals surface area (Å²) < 4.78 is 6.14. The van der Waals surface area contributed by atoms with Crippen LogP contribution < -0.4 is 10.1 Å². The SMILES string of the molecule is CNC(CO)(COc1ccc(C)cc1C(C)(C)C)C1CC1. The van der Waals surface area contributed by atoms with Crippen molar-refractivity contribution in [2.45, 2.75) is 51.5 Å². The summed E-state index contributed by atoms with van der Waals surface area (Å²) >= 11 is 0. The lowest BCUT2D eigenvalue weighted by molar-refractivity contribution is 0.0905. The molecule has 0 spiro atoms. The summed E-state index contributed by atoms with van der Waals surface area (Å²) in [7, 11) is 1.91. The number of aliphatic hydroxyl groups excluding tert-OH is 1. The topological polar surface area (TPSA) is 41.5 Å². The van der Waals surface area contributed by atoms with Gasteiger partial charge in [-0.2, -0.15) is 0 Å². The molecule has 0 aliphatic heterocycles. The van der Waals surface area contributed by atoms with Crippen molar-refractivity contribution in [2.24, 2.45) is 5.92 Å². The van der Waals surface area contributed by atoms with Gasteiger partial charge < -0.3 is 15.2 Å². The number of nitrogens with one attached hydrogen (secondary N) is 1. The predicted octanol–water partition coefficient (Wildman–Crippen LogP) is 3.03. The van der Waals surface area contributed by atoms with Gasteiger partial charge in [0.05, 0.1) is 12.1 Å². The molecular weight excluding hydrogens is 262 g/mol. The lowest BCUT2D eigenvalue weighted by Gasteiger charge is -2.33. The predicted molar refractivity (Wildman–Crippen MR) is 87.0 cm³/mol. The maximum atomic E-state index is 9.80. The Balaban J connectivity index is 2.19. The fourth-order valence-electron chi connectivity index (χ4n) is 2.85. The number of aliphatic hydroxyl groups is 1. The van der Waals surface area contributed by atoms with Crippen LogP contribution >= 0.6 is 0 Å². The number of benzene rings is 1. The van der Waals surface area contributed by atoms with Crippen LogP contribution in [0, 0.1) is 12.8 Å². The highest BCUT2D eigenvalue weighted by Crippen LogP contribution is 2.40. The van der Waals surface area contributed by atoms with E-state index in [1.807, 2.05) is 7.05 Å². The maximum Gasteiger partial charge on any atom is 0.123 e. The molecule has 1 saturated carbocycles. The van der Waals surface area contributed by atoms with Crippen LogP contribution in [0.3, 0.4) is 0 Å². The fourth-order valence-corrected chi connectivity index (χ4v) is 2.85. The third-order valence-electron chi connectivity index (χ3n) is 4.57. The van der Waals surface area contributed by atoms with Crippen molar-refractivity contribution in [1.82, 2.24) is 5.32 Å². The molecule has 21 heavy (non-hydrogen) atoms. The highest BCUT2D eigenvalue weighted by atomic mass is 16.5. The summed E-state index contributed by atoms with van der Waals surface area (Å²) in [5.74, 6) is 1.46. The van der Waals surface area contributed by atoms with E-state index in [0.717, 1.165) is 5.75 Å². The van der Waals surface area contributed by atoms with Gasteiger partial charge in [0.25, 0.3) is 0 Å². The maximum absolute atomic E-state index is 9.80. The molecule has 1 unspecified atom stereocenters. The van der Waals surface area contributed by atoms with Gasteiger partial charge >= 0.3 is 0 Å². The van der Waals surface area contributed by atoms with Crippen molar-refractivity contribution in [3.8, 4) is 5.75 Å². The lowest BCUT2D eigenvalue weighted by atomic mass is 9.85. The quantitative estimate of drug-likeness (QED) is 0.846. The molecule has 1 fully saturated rings. The second kappa shape index (κ2) is 5.98. The smallest absolute Gasteiger partial charge is 0.123 e. The third kappa shape index (κ3) is 3.58. The molecule has 0 aromatic heterocycles. The molecule has 3 nitrogen and oxygen atoms in total. The summed E-state index contributed by atoms with van der Waals surface area (Å²) in [6.07, 6.45) is 2.34. The fraction of sp³-hybridized carbons (Fsp3) is 0.667. The minimum atomic E-state index is -0.306. The van der Waals surface area contributed by atoms with Crippen molar-refractivity contribution in [1.29, 1.82) is 0 Å². The standard InChI is InChI=1S/C18H29NO2/c1-13-6-9-16(15(10-13)17(2,3)4)21-12-18(11-20,19-5)14-7-8-14/h6,9-10,14,19-20H,7-8,11-12H2,1-5H3. The molecule has 0 radical (unpaired) electrons. The molecule has 0 saturated heterocycles. The van der Waals surface area contributed by atoms with Gasteiger partial charge in [-0.15, -0.1) is 0 Å². The summed E-state index contributed by atoms with van der Waals surface area (Å²) in [5, 5.41) is 13.1. The van der Waals surface area contributed by atoms with Crippen LogP contribution in [0.4, 0.5) is 0 Å². The summed E-state index contributed by atoms with van der Waals surface area (Å²) in [5.41, 5.74) is 2.21. The van der Waals surface area contributed by atoms with Gasteiger partial charge in [0.2, 0.25) is 0 Å². The zero-order chi connectivity index (χ0) is 15.7. The van der Waals surface area contributed by atoms with E-state index in [2.05, 4.69) is 51.2 Å². The molecule has 118 valence electrons. The van der Waals surface area contributed by atoms with E-state index in [0.29, 0.717) is 12.5 Å². The van der Waals surface area contributed by atoms with Crippen LogP contribution in [-0.4, -0.2) is 30.9 Å². The Morgan fingerprint density at radius 1 is 1.29 bits per heavy atom. The van der Waals surface area contributed by atoms with E-state index in [1.165, 1.54) is 24.0 Å². The molecule has 0 amide bonds. The molecule has 1 aromatic carbocycles. The molecule has 1 aliphatic rings. The Hall–Kier alpha value is -1.06. The molecule has 1 aromatic rings. The first kappa shape index (κ1) is 16.3. The van der Waals surface area contributed by atoms with Crippen LogP contribution in [-0.2, 0) is 5.41 Å². The largest absolute Gasteiger partial charge is 0.491 e. The zero-order valence-corrected chi connectivity index (χ0v) is 14.0. The minimum Gasteiger partial charge on any atom is -0.491 e. The minimum absolute atomic E-state index is 0.0441. The van der Waals surface area contributed by atoms with Gasteiger partial charge in [0.1, 0.15) is 12.4 Å². The third-order valence-corrected chi connectivity index (χ3v) is 4.57. The molecule has 2 rings (SSSR count). The lowest BCUT2D eigenvalue weighted by Crippen LogP contribution is -2.53. The number of aryl methyl sites for hydroxylation is 1. The monoisotopic (exact) mass is 291 g/mol. The van der Waals surface area contributed by atoms with E-state index in [9.17, 15) is 5.11 Å². The van der Waals surface area contributed by atoms with Crippen molar-refractivity contribution in [2.75, 3.05) is 20.3 Å². The first-order valence-electron chi connectivity index (χ1n) is 7.86. The summed E-state index contributed by atoms with van der Waals surface area (Å²) in [4.78, 5) is 0. The van der Waals surface area contributed by atoms with Gasteiger partial charge in [0, 0.05) is 0 Å². The van der Waals surface area contributed by atoms with Crippen LogP contribution in [0.1, 0.15) is 44.7 Å². The van der Waals surface area contributed by atoms with Crippen LogP contribution in [0.25, 0.3) is 0 Å². The van der Waals surface area contributed by atoms with Crippen LogP contribution in [0.2, 0.25) is 0 Å². The number of hydrogen-bond donors (Lipinski definition) is 2. The average molecular weight is 291 g/mol. The second-order valence-electron chi connectivity index (χ2n) is 7.38. The first-order valence-corrected chi connectivity index (χ1v) is 7.86. The number of hydrogen-bond acceptors (Lipinski definition) is 3. The highest BCUT2D eigenvalue weighted by Gasteiger charge is 2.44. The molecular formula is C18H29NO2. The molecule has 0 heterocycles. The van der Waals surface area contributed by atoms with Gasteiger partial charge in [-0.25, -0.2) is 0 Å². The van der Waals surface area contributed by atoms with Crippen LogP contribution in [0.5, 0.6) is 5.75 Å². The number of likely N-dealkylation sites (N-methyl/N-ethyl adjacent to an activating group) is 1. The highest BCUT2D eigenvalue weighted by molar-refractivity contribution is 5.41. The molecule has 2 N–H and O–H groups in total. The van der Waals surface area contributed by atoms with E-state index >= 15 is 0 Å². The Morgan fingerprint density at radius 2 is 1.95 bits per heavy atom. The van der Waals surface area contributed by atoms with Crippen molar-refractivity contribution < 1.29 is 9.84 Å². The molecule has 1 atom stereocenters. The molecule has 1 aliphatic carbocycles. The Bertz CT molecular complexity index is 482. The van der Waals surface area contributed by atoms with E-state index in [-0.39, 0.29) is 17.6 Å². The van der Waals surface area contributed by atoms with Crippen molar-refractivity contribution >= 4 is 0 Å². The van der Waals surface area contributed by atoms with E-state index in [1.54, 1.807) is 0 Å². The van der Waals surface area contributed by atoms with E-state index < -0.39 is 0 Å². The summed E-state index contributed by atoms with van der Waals surface area (Å²) in [6.45, 7) is 9.34. The summed E-state index contributed by atoms with van der Waals surface area (Å²) in [6, 6.07) is 6.34. The number of rotatable bonds is 6. The normalized spacial score (nSPS) is 18.4.